The molecule has 17 heavy (non-hydrogen) atoms. The van der Waals surface area contributed by atoms with Gasteiger partial charge in [-0.1, -0.05) is 6.07 Å². The van der Waals surface area contributed by atoms with E-state index in [9.17, 15) is 9.59 Å². The van der Waals surface area contributed by atoms with E-state index in [2.05, 4.69) is 0 Å². The highest BCUT2D eigenvalue weighted by atomic mass is 24.3. The smallest absolute Gasteiger partial charge is 0.335 e. The first-order chi connectivity index (χ1) is 7.34. The van der Waals surface area contributed by atoms with Crippen LogP contribution in [-0.4, -0.2) is 55.5 Å². The van der Waals surface area contributed by atoms with Crippen LogP contribution in [0.2, 0.25) is 0 Å². The van der Waals surface area contributed by atoms with Gasteiger partial charge < -0.3 is 15.4 Å². The van der Waals surface area contributed by atoms with Crippen molar-refractivity contribution in [1.29, 1.82) is 0 Å². The summed E-state index contributed by atoms with van der Waals surface area (Å²) >= 11 is 0. The molecule has 8 nitrogen and oxygen atoms in total. The van der Waals surface area contributed by atoms with Gasteiger partial charge in [0.15, 0.2) is 0 Å². The Hall–Kier alpha value is -1.87. The van der Waals surface area contributed by atoms with Crippen LogP contribution in [0.5, 0.6) is 0 Å². The van der Waals surface area contributed by atoms with Gasteiger partial charge in [-0.15, -0.1) is 10.1 Å². The predicted molar refractivity (Wildman–Crippen MR) is 57.7 cm³/mol. The average molecular weight is 255 g/mol. The maximum Gasteiger partial charge on any atom is 0.335 e. The molecular weight excluding hydrogens is 246 g/mol. The Balaban J connectivity index is 0. The summed E-state index contributed by atoms with van der Waals surface area (Å²) in [5.41, 5.74) is -0.0372. The second-order valence-corrected chi connectivity index (χ2v) is 2.43. The lowest BCUT2D eigenvalue weighted by molar-refractivity contribution is -0.742. The molecule has 0 bridgehead atoms. The van der Waals surface area contributed by atoms with Crippen molar-refractivity contribution in [2.45, 2.75) is 0 Å². The minimum atomic E-state index is -1.50. The highest BCUT2D eigenvalue weighted by Gasteiger charge is 2.06. The van der Waals surface area contributed by atoms with Crippen LogP contribution in [0.4, 0.5) is 0 Å². The maximum atomic E-state index is 10.4. The summed E-state index contributed by atoms with van der Waals surface area (Å²) in [6.07, 6.45) is 0. The Morgan fingerprint density at radius 2 is 1.41 bits per heavy atom. The van der Waals surface area contributed by atoms with Gasteiger partial charge in [-0.3, -0.25) is 0 Å². The third kappa shape index (κ3) is 7.99. The molecule has 3 N–H and O–H groups in total. The van der Waals surface area contributed by atoms with Gasteiger partial charge in [0, 0.05) is 0 Å². The lowest BCUT2D eigenvalue weighted by atomic mass is 10.1. The first kappa shape index (κ1) is 17.5. The molecule has 1 rings (SSSR count). The fourth-order valence-electron chi connectivity index (χ4n) is 0.785. The lowest BCUT2D eigenvalue weighted by Gasteiger charge is -1.95. The van der Waals surface area contributed by atoms with E-state index < -0.39 is 17.0 Å². The van der Waals surface area contributed by atoms with Crippen LogP contribution in [0.15, 0.2) is 24.3 Å². The third-order valence-electron chi connectivity index (χ3n) is 1.36. The molecule has 0 amide bonds. The van der Waals surface area contributed by atoms with Crippen LogP contribution in [0.1, 0.15) is 20.7 Å². The minimum Gasteiger partial charge on any atom is -0.478 e. The highest BCUT2D eigenvalue weighted by Crippen LogP contribution is 2.04. The first-order valence-electron chi connectivity index (χ1n) is 3.74. The SMILES string of the molecule is O=C(O)c1cccc(C(=O)O)c1.O=[N+]([O-])O.[MgH2]. The Morgan fingerprint density at radius 1 is 1.12 bits per heavy atom. The van der Waals surface area contributed by atoms with E-state index in [4.69, 9.17) is 25.5 Å². The van der Waals surface area contributed by atoms with Crippen LogP contribution >= 0.6 is 0 Å². The van der Waals surface area contributed by atoms with Crippen molar-refractivity contribution in [3.05, 3.63) is 45.5 Å². The van der Waals surface area contributed by atoms with Gasteiger partial charge in [-0.05, 0) is 18.2 Å². The number of hydrogen-bond acceptors (Lipinski definition) is 4. The molecular formula is C8H9MgNO7. The van der Waals surface area contributed by atoms with Crippen LogP contribution < -0.4 is 0 Å². The summed E-state index contributed by atoms with van der Waals surface area (Å²) in [5, 5.41) is 30.6. The van der Waals surface area contributed by atoms with E-state index in [1.165, 1.54) is 18.2 Å². The standard InChI is InChI=1S/C8H6O4.Mg.HNO3.2H/c9-7(10)5-2-1-3-6(4-5)8(11)12;;2-1(3)4;;/h1-4H,(H,9,10)(H,11,12);;(H,2,3,4);;. The molecule has 0 aliphatic rings. The summed E-state index contributed by atoms with van der Waals surface area (Å²) < 4.78 is 0. The Morgan fingerprint density at radius 3 is 1.65 bits per heavy atom. The quantitative estimate of drug-likeness (QED) is 0.378. The van der Waals surface area contributed by atoms with Crippen molar-refractivity contribution >= 4 is 35.0 Å². The van der Waals surface area contributed by atoms with Gasteiger partial charge in [0.25, 0.3) is 5.09 Å². The molecule has 0 aromatic heterocycles. The monoisotopic (exact) mass is 255 g/mol. The van der Waals surface area contributed by atoms with Crippen molar-refractivity contribution in [3.63, 3.8) is 0 Å². The predicted octanol–water partition coefficient (Wildman–Crippen LogP) is -0.181. The zero-order valence-electron chi connectivity index (χ0n) is 7.73. The Labute approximate surface area is 111 Å². The molecule has 0 saturated heterocycles. The molecule has 0 aliphatic heterocycles. The van der Waals surface area contributed by atoms with E-state index >= 15 is 0 Å². The van der Waals surface area contributed by atoms with Gasteiger partial charge in [-0.25, -0.2) is 9.59 Å². The van der Waals surface area contributed by atoms with E-state index in [1.807, 2.05) is 0 Å². The number of carboxylic acid groups (broad SMARTS) is 2. The number of nitrogens with zero attached hydrogens (tertiary/aromatic N) is 1. The normalized spacial score (nSPS) is 8.00. The summed E-state index contributed by atoms with van der Waals surface area (Å²) in [5.74, 6) is -2.25. The molecule has 0 heterocycles. The summed E-state index contributed by atoms with van der Waals surface area (Å²) in [4.78, 5) is 29.1. The van der Waals surface area contributed by atoms with Crippen molar-refractivity contribution in [2.75, 3.05) is 0 Å². The average Bonchev–Trinajstić information content (AvgIpc) is 2.17. The number of aromatic carboxylic acids is 2. The molecule has 1 aromatic carbocycles. The summed E-state index contributed by atoms with van der Waals surface area (Å²) in [6, 6.07) is 5.20. The van der Waals surface area contributed by atoms with Gasteiger partial charge in [-0.2, -0.15) is 0 Å². The maximum absolute atomic E-state index is 10.4. The van der Waals surface area contributed by atoms with Crippen LogP contribution in [0.3, 0.4) is 0 Å². The molecule has 0 unspecified atom stereocenters. The minimum absolute atomic E-state index is 0. The van der Waals surface area contributed by atoms with Crippen molar-refractivity contribution < 1.29 is 30.1 Å². The molecule has 0 saturated carbocycles. The second kappa shape index (κ2) is 8.30. The van der Waals surface area contributed by atoms with E-state index in [0.29, 0.717) is 0 Å². The molecule has 0 aliphatic carbocycles. The van der Waals surface area contributed by atoms with Gasteiger partial charge in [0.1, 0.15) is 0 Å². The number of rotatable bonds is 2. The molecule has 0 spiro atoms. The molecule has 90 valence electrons. The van der Waals surface area contributed by atoms with Crippen LogP contribution in [0, 0.1) is 10.1 Å². The number of hydrogen-bond donors (Lipinski definition) is 3. The summed E-state index contributed by atoms with van der Waals surface area (Å²) in [7, 11) is 0. The van der Waals surface area contributed by atoms with Crippen molar-refractivity contribution in [2.24, 2.45) is 0 Å². The Bertz CT molecular complexity index is 387. The largest absolute Gasteiger partial charge is 0.478 e. The van der Waals surface area contributed by atoms with Crippen molar-refractivity contribution in [1.82, 2.24) is 0 Å². The Kier molecular flexibility index (Phi) is 8.55. The van der Waals surface area contributed by atoms with Gasteiger partial charge in [0.2, 0.25) is 0 Å². The molecule has 0 atom stereocenters. The first-order valence-corrected chi connectivity index (χ1v) is 3.74. The van der Waals surface area contributed by atoms with Crippen LogP contribution in [0.25, 0.3) is 0 Å². The summed E-state index contributed by atoms with van der Waals surface area (Å²) in [6.45, 7) is 0. The number of carbonyl (C=O) groups is 2. The third-order valence-corrected chi connectivity index (χ3v) is 1.36. The van der Waals surface area contributed by atoms with E-state index in [1.54, 1.807) is 0 Å². The number of benzene rings is 1. The van der Waals surface area contributed by atoms with Gasteiger partial charge in [0.05, 0.1) is 11.1 Å². The van der Waals surface area contributed by atoms with Crippen molar-refractivity contribution in [3.8, 4) is 0 Å². The molecule has 9 heteroatoms. The molecule has 0 radical (unpaired) electrons. The highest BCUT2D eigenvalue weighted by molar-refractivity contribution is 5.93. The fourth-order valence-corrected chi connectivity index (χ4v) is 0.785. The topological polar surface area (TPSA) is 138 Å². The zero-order valence-corrected chi connectivity index (χ0v) is 7.73. The zero-order chi connectivity index (χ0) is 12.7. The van der Waals surface area contributed by atoms with Crippen LogP contribution in [-0.2, 0) is 0 Å². The fraction of sp³-hybridized carbons (Fsp3) is 0. The van der Waals surface area contributed by atoms with E-state index in [-0.39, 0.29) is 34.2 Å². The van der Waals surface area contributed by atoms with E-state index in [0.717, 1.165) is 6.07 Å². The number of carboxylic acids is 2. The second-order valence-electron chi connectivity index (χ2n) is 2.43. The lowest BCUT2D eigenvalue weighted by Crippen LogP contribution is -2.01. The van der Waals surface area contributed by atoms with Gasteiger partial charge >= 0.3 is 35.0 Å². The molecule has 1 aromatic rings. The molecule has 0 fully saturated rings.